The number of halogens is 2. The lowest BCUT2D eigenvalue weighted by atomic mass is 10.2. The Labute approximate surface area is 128 Å². The van der Waals surface area contributed by atoms with Crippen LogP contribution in [-0.4, -0.2) is 11.7 Å². The minimum absolute atomic E-state index is 0.621. The first kappa shape index (κ1) is 15.7. The first-order valence-corrected chi connectivity index (χ1v) is 7.71. The molecule has 2 nitrogen and oxygen atoms in total. The normalized spacial score (nSPS) is 10.2. The molecule has 0 unspecified atom stereocenters. The number of anilines is 1. The maximum Gasteiger partial charge on any atom is 0.170 e. The van der Waals surface area contributed by atoms with Crippen molar-refractivity contribution in [2.24, 2.45) is 0 Å². The molecule has 0 heterocycles. The lowest BCUT2D eigenvalue weighted by Gasteiger charge is -2.11. The van der Waals surface area contributed by atoms with Crippen LogP contribution in [0.3, 0.4) is 0 Å². The minimum Gasteiger partial charge on any atom is -0.362 e. The van der Waals surface area contributed by atoms with Crippen LogP contribution in [0.1, 0.15) is 32.6 Å². The summed E-state index contributed by atoms with van der Waals surface area (Å²) in [5.41, 5.74) is 0.825. The van der Waals surface area contributed by atoms with Crippen molar-refractivity contribution in [2.45, 2.75) is 32.6 Å². The van der Waals surface area contributed by atoms with Crippen LogP contribution in [0.15, 0.2) is 22.7 Å². The number of hydrogen-bond donors (Lipinski definition) is 2. The molecule has 1 aromatic carbocycles. The van der Waals surface area contributed by atoms with Crippen molar-refractivity contribution in [3.05, 3.63) is 27.7 Å². The van der Waals surface area contributed by atoms with Crippen LogP contribution >= 0.6 is 39.7 Å². The smallest absolute Gasteiger partial charge is 0.170 e. The lowest BCUT2D eigenvalue weighted by molar-refractivity contribution is 0.655. The number of nitrogens with one attached hydrogen (secondary N) is 2. The Bertz CT molecular complexity index is 399. The van der Waals surface area contributed by atoms with Crippen LogP contribution in [0.2, 0.25) is 5.02 Å². The molecule has 1 rings (SSSR count). The summed E-state index contributed by atoms with van der Waals surface area (Å²) in [5, 5.41) is 7.55. The molecule has 0 aromatic heterocycles. The lowest BCUT2D eigenvalue weighted by Crippen LogP contribution is -2.29. The molecule has 100 valence electrons. The summed E-state index contributed by atoms with van der Waals surface area (Å²) in [6.07, 6.45) is 4.91. The fourth-order valence-corrected chi connectivity index (χ4v) is 2.44. The van der Waals surface area contributed by atoms with Gasteiger partial charge in [-0.15, -0.1) is 0 Å². The van der Waals surface area contributed by atoms with Gasteiger partial charge in [-0.05, 0) is 36.8 Å². The Hall–Kier alpha value is -0.320. The highest BCUT2D eigenvalue weighted by molar-refractivity contribution is 9.10. The third-order valence-electron chi connectivity index (χ3n) is 2.50. The quantitative estimate of drug-likeness (QED) is 0.560. The molecule has 0 fully saturated rings. The van der Waals surface area contributed by atoms with Crippen LogP contribution in [0.4, 0.5) is 5.69 Å². The van der Waals surface area contributed by atoms with Gasteiger partial charge in [0, 0.05) is 11.0 Å². The Morgan fingerprint density at radius 2 is 2.11 bits per heavy atom. The molecule has 0 spiro atoms. The molecule has 0 aliphatic heterocycles. The monoisotopic (exact) mass is 348 g/mol. The summed E-state index contributed by atoms with van der Waals surface area (Å²) >= 11 is 14.7. The highest BCUT2D eigenvalue weighted by Crippen LogP contribution is 2.25. The molecule has 18 heavy (non-hydrogen) atoms. The topological polar surface area (TPSA) is 24.1 Å². The van der Waals surface area contributed by atoms with Gasteiger partial charge in [-0.25, -0.2) is 0 Å². The maximum absolute atomic E-state index is 6.10. The van der Waals surface area contributed by atoms with E-state index in [0.717, 1.165) is 23.1 Å². The van der Waals surface area contributed by atoms with E-state index in [1.807, 2.05) is 18.2 Å². The predicted octanol–water partition coefficient (Wildman–Crippen LogP) is 4.97. The summed E-state index contributed by atoms with van der Waals surface area (Å²) in [4.78, 5) is 0. The van der Waals surface area contributed by atoms with E-state index in [2.05, 4.69) is 33.5 Å². The van der Waals surface area contributed by atoms with E-state index in [4.69, 9.17) is 23.8 Å². The third-order valence-corrected chi connectivity index (χ3v) is 3.55. The van der Waals surface area contributed by atoms with Gasteiger partial charge in [-0.1, -0.05) is 53.7 Å². The highest BCUT2D eigenvalue weighted by Gasteiger charge is 2.02. The number of thiocarbonyl (C=S) groups is 1. The Balaban J connectivity index is 2.31. The molecule has 1 aromatic rings. The second-order valence-electron chi connectivity index (χ2n) is 4.07. The highest BCUT2D eigenvalue weighted by atomic mass is 79.9. The summed E-state index contributed by atoms with van der Waals surface area (Å²) in [6, 6.07) is 5.67. The van der Waals surface area contributed by atoms with Crippen molar-refractivity contribution in [3.63, 3.8) is 0 Å². The summed E-state index contributed by atoms with van der Waals surface area (Å²) < 4.78 is 0.955. The molecule has 0 radical (unpaired) electrons. The summed E-state index contributed by atoms with van der Waals surface area (Å²) in [5.74, 6) is 0. The van der Waals surface area contributed by atoms with Crippen molar-refractivity contribution < 1.29 is 0 Å². The summed E-state index contributed by atoms with van der Waals surface area (Å²) in [7, 11) is 0. The number of benzene rings is 1. The first-order chi connectivity index (χ1) is 8.63. The van der Waals surface area contributed by atoms with Gasteiger partial charge in [-0.3, -0.25) is 0 Å². The van der Waals surface area contributed by atoms with E-state index in [1.165, 1.54) is 19.3 Å². The van der Waals surface area contributed by atoms with Gasteiger partial charge in [0.05, 0.1) is 10.7 Å². The van der Waals surface area contributed by atoms with E-state index in [1.54, 1.807) is 0 Å². The molecular formula is C13H18BrClN2S. The van der Waals surface area contributed by atoms with Crippen molar-refractivity contribution >= 4 is 50.5 Å². The molecule has 0 bridgehead atoms. The van der Waals surface area contributed by atoms with Gasteiger partial charge >= 0.3 is 0 Å². The van der Waals surface area contributed by atoms with Crippen LogP contribution in [-0.2, 0) is 0 Å². The van der Waals surface area contributed by atoms with E-state index >= 15 is 0 Å². The van der Waals surface area contributed by atoms with Crippen LogP contribution in [0.25, 0.3) is 0 Å². The van der Waals surface area contributed by atoms with Gasteiger partial charge in [-0.2, -0.15) is 0 Å². The first-order valence-electron chi connectivity index (χ1n) is 6.13. The average molecular weight is 350 g/mol. The van der Waals surface area contributed by atoms with Crippen molar-refractivity contribution in [1.29, 1.82) is 0 Å². The van der Waals surface area contributed by atoms with Crippen LogP contribution < -0.4 is 10.6 Å². The average Bonchev–Trinajstić information content (AvgIpc) is 2.32. The van der Waals surface area contributed by atoms with Crippen molar-refractivity contribution in [1.82, 2.24) is 5.32 Å². The summed E-state index contributed by atoms with van der Waals surface area (Å²) in [6.45, 7) is 3.11. The van der Waals surface area contributed by atoms with Gasteiger partial charge in [0.15, 0.2) is 5.11 Å². The minimum atomic E-state index is 0.621. The molecule has 0 amide bonds. The molecular weight excluding hydrogens is 332 g/mol. The Kier molecular flexibility index (Phi) is 7.63. The zero-order valence-corrected chi connectivity index (χ0v) is 13.6. The largest absolute Gasteiger partial charge is 0.362 e. The zero-order valence-electron chi connectivity index (χ0n) is 10.4. The van der Waals surface area contributed by atoms with Gasteiger partial charge in [0.1, 0.15) is 0 Å². The Morgan fingerprint density at radius 1 is 1.33 bits per heavy atom. The number of hydrogen-bond acceptors (Lipinski definition) is 1. The molecule has 0 aliphatic rings. The van der Waals surface area contributed by atoms with Gasteiger partial charge in [0.25, 0.3) is 0 Å². The number of rotatable bonds is 6. The molecule has 0 atom stereocenters. The Morgan fingerprint density at radius 3 is 2.78 bits per heavy atom. The molecule has 0 saturated heterocycles. The second kappa shape index (κ2) is 8.73. The molecule has 2 N–H and O–H groups in total. The van der Waals surface area contributed by atoms with Gasteiger partial charge in [0.2, 0.25) is 0 Å². The standard InChI is InChI=1S/C13H18BrClN2S/c1-2-3-4-5-8-16-13(18)17-12-7-6-10(14)9-11(12)15/h6-7,9H,2-5,8H2,1H3,(H2,16,17,18). The fourth-order valence-electron chi connectivity index (χ4n) is 1.51. The SMILES string of the molecule is CCCCCCNC(=S)Nc1ccc(Br)cc1Cl. The maximum atomic E-state index is 6.10. The van der Waals surface area contributed by atoms with E-state index in [0.29, 0.717) is 10.1 Å². The van der Waals surface area contributed by atoms with Gasteiger partial charge < -0.3 is 10.6 Å². The zero-order chi connectivity index (χ0) is 13.4. The second-order valence-corrected chi connectivity index (χ2v) is 5.80. The van der Waals surface area contributed by atoms with E-state index in [9.17, 15) is 0 Å². The predicted molar refractivity (Wildman–Crippen MR) is 87.5 cm³/mol. The van der Waals surface area contributed by atoms with E-state index < -0.39 is 0 Å². The molecule has 5 heteroatoms. The van der Waals surface area contributed by atoms with Crippen LogP contribution in [0, 0.1) is 0 Å². The van der Waals surface area contributed by atoms with Crippen molar-refractivity contribution in [3.8, 4) is 0 Å². The third kappa shape index (κ3) is 6.03. The van der Waals surface area contributed by atoms with Crippen LogP contribution in [0.5, 0.6) is 0 Å². The number of unbranched alkanes of at least 4 members (excludes halogenated alkanes) is 3. The van der Waals surface area contributed by atoms with Crippen molar-refractivity contribution in [2.75, 3.05) is 11.9 Å². The molecule has 0 aliphatic carbocycles. The fraction of sp³-hybridized carbons (Fsp3) is 0.462. The molecule has 0 saturated carbocycles. The van der Waals surface area contributed by atoms with E-state index in [-0.39, 0.29) is 0 Å².